The average molecular weight is 218 g/mol. The van der Waals surface area contributed by atoms with Gasteiger partial charge in [0.15, 0.2) is 0 Å². The van der Waals surface area contributed by atoms with Gasteiger partial charge in [-0.05, 0) is 17.7 Å². The lowest BCUT2D eigenvalue weighted by molar-refractivity contribution is -0.0252. The predicted octanol–water partition coefficient (Wildman–Crippen LogP) is 2.70. The molecule has 0 amide bonds. The molecule has 2 atom stereocenters. The summed E-state index contributed by atoms with van der Waals surface area (Å²) in [4.78, 5) is 0. The lowest BCUT2D eigenvalue weighted by atomic mass is 10.0. The fourth-order valence-electron chi connectivity index (χ4n) is 1.70. The number of aliphatic hydroxyl groups is 1. The Bertz CT molecular complexity index is 408. The topological polar surface area (TPSA) is 42.6 Å². The molecule has 1 heterocycles. The van der Waals surface area contributed by atoms with Crippen molar-refractivity contribution in [3.05, 3.63) is 60.1 Å². The van der Waals surface area contributed by atoms with Gasteiger partial charge in [0.25, 0.3) is 0 Å². The highest BCUT2D eigenvalue weighted by atomic mass is 16.5. The molecule has 1 N–H and O–H groups in total. The van der Waals surface area contributed by atoms with E-state index in [2.05, 4.69) is 0 Å². The third-order valence-electron chi connectivity index (χ3n) is 2.50. The zero-order valence-electron chi connectivity index (χ0n) is 9.04. The molecule has 0 aliphatic rings. The van der Waals surface area contributed by atoms with Crippen molar-refractivity contribution in [2.45, 2.75) is 12.2 Å². The van der Waals surface area contributed by atoms with E-state index in [0.717, 1.165) is 5.56 Å². The molecule has 2 aromatic rings. The predicted molar refractivity (Wildman–Crippen MR) is 59.9 cm³/mol. The summed E-state index contributed by atoms with van der Waals surface area (Å²) in [5.74, 6) is 0.510. The van der Waals surface area contributed by atoms with Gasteiger partial charge in [-0.2, -0.15) is 0 Å². The van der Waals surface area contributed by atoms with E-state index in [1.165, 1.54) is 6.26 Å². The number of ether oxygens (including phenoxy) is 1. The van der Waals surface area contributed by atoms with Crippen LogP contribution in [0, 0.1) is 0 Å². The quantitative estimate of drug-likeness (QED) is 0.857. The Labute approximate surface area is 94.3 Å². The van der Waals surface area contributed by atoms with Crippen LogP contribution in [0.2, 0.25) is 0 Å². The van der Waals surface area contributed by atoms with E-state index in [0.29, 0.717) is 5.76 Å². The van der Waals surface area contributed by atoms with E-state index in [9.17, 15) is 5.11 Å². The van der Waals surface area contributed by atoms with Crippen molar-refractivity contribution < 1.29 is 14.3 Å². The van der Waals surface area contributed by atoms with Crippen molar-refractivity contribution in [3.8, 4) is 0 Å². The van der Waals surface area contributed by atoms with Crippen molar-refractivity contribution in [2.75, 3.05) is 7.11 Å². The zero-order valence-corrected chi connectivity index (χ0v) is 9.04. The number of aliphatic hydroxyl groups excluding tert-OH is 1. The fourth-order valence-corrected chi connectivity index (χ4v) is 1.70. The number of rotatable bonds is 4. The Balaban J connectivity index is 2.23. The number of hydrogen-bond acceptors (Lipinski definition) is 3. The van der Waals surface area contributed by atoms with Gasteiger partial charge >= 0.3 is 0 Å². The van der Waals surface area contributed by atoms with Crippen LogP contribution in [0.1, 0.15) is 23.5 Å². The van der Waals surface area contributed by atoms with Crippen molar-refractivity contribution >= 4 is 0 Å². The highest BCUT2D eigenvalue weighted by Crippen LogP contribution is 2.31. The standard InChI is InChI=1S/C13H14O3/c1-15-13(10-6-3-2-4-7-10)12(14)11-8-5-9-16-11/h2-9,12-14H,1H3. The minimum Gasteiger partial charge on any atom is -0.466 e. The first-order valence-electron chi connectivity index (χ1n) is 5.12. The van der Waals surface area contributed by atoms with Crippen LogP contribution in [0.15, 0.2) is 53.1 Å². The number of methoxy groups -OCH3 is 1. The maximum Gasteiger partial charge on any atom is 0.142 e. The average Bonchev–Trinajstić information content (AvgIpc) is 2.85. The zero-order chi connectivity index (χ0) is 11.4. The summed E-state index contributed by atoms with van der Waals surface area (Å²) < 4.78 is 10.5. The van der Waals surface area contributed by atoms with Gasteiger partial charge in [-0.1, -0.05) is 30.3 Å². The Morgan fingerprint density at radius 1 is 1.12 bits per heavy atom. The maximum absolute atomic E-state index is 10.1. The fraction of sp³-hybridized carbons (Fsp3) is 0.231. The Hall–Kier alpha value is -1.58. The molecule has 2 rings (SSSR count). The maximum atomic E-state index is 10.1. The van der Waals surface area contributed by atoms with Gasteiger partial charge in [-0.3, -0.25) is 0 Å². The summed E-state index contributed by atoms with van der Waals surface area (Å²) in [5, 5.41) is 10.1. The Morgan fingerprint density at radius 2 is 1.88 bits per heavy atom. The smallest absolute Gasteiger partial charge is 0.142 e. The SMILES string of the molecule is COC(c1ccccc1)C(O)c1ccco1. The molecule has 0 fully saturated rings. The van der Waals surface area contributed by atoms with Crippen LogP contribution >= 0.6 is 0 Å². The van der Waals surface area contributed by atoms with Gasteiger partial charge < -0.3 is 14.3 Å². The molecule has 0 saturated heterocycles. The Morgan fingerprint density at radius 3 is 2.44 bits per heavy atom. The highest BCUT2D eigenvalue weighted by Gasteiger charge is 2.24. The first-order valence-corrected chi connectivity index (χ1v) is 5.12. The van der Waals surface area contributed by atoms with Crippen molar-refractivity contribution in [3.63, 3.8) is 0 Å². The van der Waals surface area contributed by atoms with Gasteiger partial charge in [0.1, 0.15) is 18.0 Å². The minimum absolute atomic E-state index is 0.410. The van der Waals surface area contributed by atoms with E-state index in [1.54, 1.807) is 19.2 Å². The highest BCUT2D eigenvalue weighted by molar-refractivity contribution is 5.20. The molecule has 0 spiro atoms. The normalized spacial score (nSPS) is 14.6. The second kappa shape index (κ2) is 4.96. The van der Waals surface area contributed by atoms with Gasteiger partial charge in [0.05, 0.1) is 6.26 Å². The lowest BCUT2D eigenvalue weighted by Gasteiger charge is -2.20. The summed E-state index contributed by atoms with van der Waals surface area (Å²) in [5.41, 5.74) is 0.925. The molecule has 1 aromatic carbocycles. The van der Waals surface area contributed by atoms with Gasteiger partial charge in [0, 0.05) is 7.11 Å². The summed E-state index contributed by atoms with van der Waals surface area (Å²) in [7, 11) is 1.57. The molecule has 2 unspecified atom stereocenters. The Kier molecular flexibility index (Phi) is 3.39. The lowest BCUT2D eigenvalue weighted by Crippen LogP contribution is -2.12. The second-order valence-corrected chi connectivity index (χ2v) is 3.53. The molecule has 3 nitrogen and oxygen atoms in total. The molecule has 1 aromatic heterocycles. The van der Waals surface area contributed by atoms with Gasteiger partial charge in [-0.15, -0.1) is 0 Å². The number of hydrogen-bond donors (Lipinski definition) is 1. The molecule has 0 aliphatic carbocycles. The van der Waals surface area contributed by atoms with Crippen LogP contribution in [0.25, 0.3) is 0 Å². The van der Waals surface area contributed by atoms with E-state index < -0.39 is 12.2 Å². The summed E-state index contributed by atoms with van der Waals surface area (Å²) >= 11 is 0. The van der Waals surface area contributed by atoms with E-state index in [4.69, 9.17) is 9.15 Å². The van der Waals surface area contributed by atoms with Crippen LogP contribution in [-0.2, 0) is 4.74 Å². The third kappa shape index (κ3) is 2.15. The largest absolute Gasteiger partial charge is 0.466 e. The molecule has 3 heteroatoms. The van der Waals surface area contributed by atoms with Gasteiger partial charge in [-0.25, -0.2) is 0 Å². The van der Waals surface area contributed by atoms with E-state index >= 15 is 0 Å². The molecule has 0 aliphatic heterocycles. The molecular formula is C13H14O3. The van der Waals surface area contributed by atoms with Crippen LogP contribution < -0.4 is 0 Å². The third-order valence-corrected chi connectivity index (χ3v) is 2.50. The summed E-state index contributed by atoms with van der Waals surface area (Å²) in [6.07, 6.45) is 0.339. The molecule has 0 bridgehead atoms. The van der Waals surface area contributed by atoms with E-state index in [-0.39, 0.29) is 0 Å². The van der Waals surface area contributed by atoms with Crippen molar-refractivity contribution in [1.82, 2.24) is 0 Å². The van der Waals surface area contributed by atoms with E-state index in [1.807, 2.05) is 30.3 Å². The van der Waals surface area contributed by atoms with Crippen LogP contribution in [0.4, 0.5) is 0 Å². The summed E-state index contributed by atoms with van der Waals surface area (Å²) in [6.45, 7) is 0. The van der Waals surface area contributed by atoms with Crippen LogP contribution in [0.5, 0.6) is 0 Å². The molecule has 16 heavy (non-hydrogen) atoms. The van der Waals surface area contributed by atoms with Crippen molar-refractivity contribution in [1.29, 1.82) is 0 Å². The van der Waals surface area contributed by atoms with Crippen molar-refractivity contribution in [2.24, 2.45) is 0 Å². The van der Waals surface area contributed by atoms with Crippen LogP contribution in [-0.4, -0.2) is 12.2 Å². The van der Waals surface area contributed by atoms with Crippen LogP contribution in [0.3, 0.4) is 0 Å². The second-order valence-electron chi connectivity index (χ2n) is 3.53. The molecular weight excluding hydrogens is 204 g/mol. The summed E-state index contributed by atoms with van der Waals surface area (Å²) in [6, 6.07) is 13.1. The monoisotopic (exact) mass is 218 g/mol. The first kappa shape index (κ1) is 10.9. The number of furan rings is 1. The number of benzene rings is 1. The minimum atomic E-state index is -0.789. The molecule has 84 valence electrons. The first-order chi connectivity index (χ1) is 7.83. The molecule has 0 saturated carbocycles. The molecule has 0 radical (unpaired) electrons. The van der Waals surface area contributed by atoms with Gasteiger partial charge in [0.2, 0.25) is 0 Å².